The van der Waals surface area contributed by atoms with Crippen LogP contribution in [0.3, 0.4) is 0 Å². The summed E-state index contributed by atoms with van der Waals surface area (Å²) in [5.74, 6) is 1.91. The molecule has 162 valence electrons. The second-order valence-corrected chi connectivity index (χ2v) is 8.71. The van der Waals surface area contributed by atoms with E-state index >= 15 is 0 Å². The Labute approximate surface area is 176 Å². The average molecular weight is 416 g/mol. The van der Waals surface area contributed by atoms with E-state index in [1.807, 2.05) is 4.90 Å². The minimum Gasteiger partial charge on any atom is -0.494 e. The number of amides is 1. The Morgan fingerprint density at radius 1 is 1.13 bits per heavy atom. The van der Waals surface area contributed by atoms with Gasteiger partial charge in [0, 0.05) is 50.7 Å². The fourth-order valence-corrected chi connectivity index (χ4v) is 4.73. The molecule has 0 bridgehead atoms. The molecule has 2 aromatic rings. The maximum absolute atomic E-state index is 14.0. The number of methoxy groups -OCH3 is 1. The molecular formula is C22H30FN5O2. The lowest BCUT2D eigenvalue weighted by atomic mass is 9.92. The van der Waals surface area contributed by atoms with Gasteiger partial charge in [-0.3, -0.25) is 9.69 Å². The highest BCUT2D eigenvalue weighted by atomic mass is 19.1. The lowest BCUT2D eigenvalue weighted by molar-refractivity contribution is -0.135. The van der Waals surface area contributed by atoms with E-state index in [0.717, 1.165) is 50.5 Å². The minimum atomic E-state index is -0.431. The molecule has 8 heteroatoms. The summed E-state index contributed by atoms with van der Waals surface area (Å²) in [5, 5.41) is 0.775. The first-order valence-electron chi connectivity index (χ1n) is 10.7. The molecule has 4 rings (SSSR count). The van der Waals surface area contributed by atoms with E-state index in [-0.39, 0.29) is 11.7 Å². The number of aromatic nitrogens is 2. The zero-order valence-electron chi connectivity index (χ0n) is 18.0. The van der Waals surface area contributed by atoms with Gasteiger partial charge >= 0.3 is 0 Å². The number of nitrogens with zero attached hydrogens (tertiary/aromatic N) is 5. The Kier molecular flexibility index (Phi) is 6.04. The van der Waals surface area contributed by atoms with E-state index in [1.54, 1.807) is 6.07 Å². The van der Waals surface area contributed by atoms with E-state index in [4.69, 9.17) is 4.74 Å². The predicted octanol–water partition coefficient (Wildman–Crippen LogP) is 2.40. The molecule has 1 amide bonds. The fourth-order valence-electron chi connectivity index (χ4n) is 4.73. The molecule has 2 aliphatic heterocycles. The Morgan fingerprint density at radius 3 is 2.50 bits per heavy atom. The number of carbonyl (C=O) groups excluding carboxylic acids is 1. The highest BCUT2D eigenvalue weighted by Gasteiger charge is 2.28. The van der Waals surface area contributed by atoms with Crippen molar-refractivity contribution in [1.82, 2.24) is 19.8 Å². The van der Waals surface area contributed by atoms with Crippen molar-refractivity contribution < 1.29 is 13.9 Å². The average Bonchev–Trinajstić information content (AvgIpc) is 2.72. The third kappa shape index (κ3) is 4.33. The molecule has 7 nitrogen and oxygen atoms in total. The normalized spacial score (nSPS) is 23.1. The van der Waals surface area contributed by atoms with Crippen molar-refractivity contribution in [3.05, 3.63) is 24.3 Å². The first-order valence-corrected chi connectivity index (χ1v) is 10.7. The fraction of sp³-hybridized carbons (Fsp3) is 0.591. The summed E-state index contributed by atoms with van der Waals surface area (Å²) in [4.78, 5) is 27.9. The standard InChI is InChI=1S/C22H30FN5O2/c1-15-8-16(2)12-28(11-15)21(29)13-26-4-6-27(7-5-26)22-17-9-20(30-3)18(23)10-19(17)24-14-25-22/h9-10,14-16H,4-8,11-13H2,1-3H3. The molecule has 2 unspecified atom stereocenters. The number of fused-ring (bicyclic) bond motifs is 1. The third-order valence-corrected chi connectivity index (χ3v) is 6.14. The first kappa shape index (κ1) is 20.8. The second-order valence-electron chi connectivity index (χ2n) is 8.71. The highest BCUT2D eigenvalue weighted by molar-refractivity contribution is 5.90. The highest BCUT2D eigenvalue weighted by Crippen LogP contribution is 2.29. The van der Waals surface area contributed by atoms with Crippen LogP contribution < -0.4 is 9.64 Å². The quantitative estimate of drug-likeness (QED) is 0.764. The number of anilines is 1. The number of hydrogen-bond donors (Lipinski definition) is 0. The summed E-state index contributed by atoms with van der Waals surface area (Å²) in [6.07, 6.45) is 2.67. The SMILES string of the molecule is COc1cc2c(N3CCN(CC(=O)N4CC(C)CC(C)C4)CC3)ncnc2cc1F. The molecule has 2 fully saturated rings. The molecule has 30 heavy (non-hydrogen) atoms. The summed E-state index contributed by atoms with van der Waals surface area (Å²) in [5.41, 5.74) is 0.559. The number of rotatable bonds is 4. The van der Waals surface area contributed by atoms with Crippen LogP contribution in [0.1, 0.15) is 20.3 Å². The third-order valence-electron chi connectivity index (χ3n) is 6.14. The summed E-state index contributed by atoms with van der Waals surface area (Å²) < 4.78 is 19.2. The summed E-state index contributed by atoms with van der Waals surface area (Å²) in [6.45, 7) is 9.74. The first-order chi connectivity index (χ1) is 14.4. The van der Waals surface area contributed by atoms with Gasteiger partial charge < -0.3 is 14.5 Å². The van der Waals surface area contributed by atoms with Crippen LogP contribution in [0.25, 0.3) is 10.9 Å². The lowest BCUT2D eigenvalue weighted by Crippen LogP contribution is -2.52. The molecular weight excluding hydrogens is 385 g/mol. The molecule has 0 saturated carbocycles. The van der Waals surface area contributed by atoms with Crippen molar-refractivity contribution in [1.29, 1.82) is 0 Å². The van der Waals surface area contributed by atoms with Crippen LogP contribution >= 0.6 is 0 Å². The Bertz CT molecular complexity index is 906. The molecule has 2 aliphatic rings. The van der Waals surface area contributed by atoms with Gasteiger partial charge in [0.15, 0.2) is 11.6 Å². The van der Waals surface area contributed by atoms with Crippen LogP contribution in [0.4, 0.5) is 10.2 Å². The van der Waals surface area contributed by atoms with Crippen LogP contribution in [0.2, 0.25) is 0 Å². The van der Waals surface area contributed by atoms with Crippen LogP contribution in [0.5, 0.6) is 5.75 Å². The molecule has 1 aromatic carbocycles. The van der Waals surface area contributed by atoms with Gasteiger partial charge in [-0.1, -0.05) is 13.8 Å². The van der Waals surface area contributed by atoms with Crippen molar-refractivity contribution in [2.75, 3.05) is 57.8 Å². The Hall–Kier alpha value is -2.48. The number of halogens is 1. The number of piperazine rings is 1. The molecule has 0 radical (unpaired) electrons. The molecule has 0 N–H and O–H groups in total. The number of carbonyl (C=O) groups is 1. The van der Waals surface area contributed by atoms with Crippen LogP contribution in [0.15, 0.2) is 18.5 Å². The topological polar surface area (TPSA) is 61.8 Å². The zero-order chi connectivity index (χ0) is 21.3. The molecule has 0 aliphatic carbocycles. The second kappa shape index (κ2) is 8.71. The van der Waals surface area contributed by atoms with E-state index in [1.165, 1.54) is 25.9 Å². The molecule has 2 atom stereocenters. The van der Waals surface area contributed by atoms with Gasteiger partial charge in [0.25, 0.3) is 0 Å². The van der Waals surface area contributed by atoms with E-state index in [2.05, 4.69) is 33.6 Å². The van der Waals surface area contributed by atoms with Gasteiger partial charge in [0.2, 0.25) is 5.91 Å². The van der Waals surface area contributed by atoms with Gasteiger partial charge in [-0.05, 0) is 24.3 Å². The van der Waals surface area contributed by atoms with Gasteiger partial charge in [0.1, 0.15) is 12.1 Å². The van der Waals surface area contributed by atoms with E-state index in [0.29, 0.717) is 23.9 Å². The number of benzene rings is 1. The molecule has 0 spiro atoms. The Morgan fingerprint density at radius 2 is 1.83 bits per heavy atom. The van der Waals surface area contributed by atoms with Gasteiger partial charge in [-0.25, -0.2) is 14.4 Å². The molecule has 2 saturated heterocycles. The summed E-state index contributed by atoms with van der Waals surface area (Å²) in [6, 6.07) is 3.05. The summed E-state index contributed by atoms with van der Waals surface area (Å²) >= 11 is 0. The van der Waals surface area contributed by atoms with Crippen molar-refractivity contribution in [3.8, 4) is 5.75 Å². The van der Waals surface area contributed by atoms with E-state index in [9.17, 15) is 9.18 Å². The van der Waals surface area contributed by atoms with Crippen molar-refractivity contribution in [2.45, 2.75) is 20.3 Å². The summed E-state index contributed by atoms with van der Waals surface area (Å²) in [7, 11) is 1.45. The Balaban J connectivity index is 1.41. The van der Waals surface area contributed by atoms with Crippen molar-refractivity contribution in [3.63, 3.8) is 0 Å². The maximum atomic E-state index is 14.0. The monoisotopic (exact) mass is 415 g/mol. The number of ether oxygens (including phenoxy) is 1. The zero-order valence-corrected chi connectivity index (χ0v) is 18.0. The van der Waals surface area contributed by atoms with E-state index < -0.39 is 5.82 Å². The predicted molar refractivity (Wildman–Crippen MR) is 114 cm³/mol. The van der Waals surface area contributed by atoms with Crippen molar-refractivity contribution in [2.24, 2.45) is 11.8 Å². The van der Waals surface area contributed by atoms with Gasteiger partial charge in [-0.15, -0.1) is 0 Å². The van der Waals surface area contributed by atoms with Gasteiger partial charge in [0.05, 0.1) is 19.2 Å². The number of piperidine rings is 1. The molecule has 3 heterocycles. The minimum absolute atomic E-state index is 0.188. The van der Waals surface area contributed by atoms with Gasteiger partial charge in [-0.2, -0.15) is 0 Å². The van der Waals surface area contributed by atoms with Crippen LogP contribution in [-0.4, -0.2) is 78.6 Å². The molecule has 1 aromatic heterocycles. The lowest BCUT2D eigenvalue weighted by Gasteiger charge is -2.38. The van der Waals surface area contributed by atoms with Crippen molar-refractivity contribution >= 4 is 22.6 Å². The number of hydrogen-bond acceptors (Lipinski definition) is 6. The van der Waals surface area contributed by atoms with Crippen LogP contribution in [0, 0.1) is 17.7 Å². The maximum Gasteiger partial charge on any atom is 0.236 e. The van der Waals surface area contributed by atoms with Crippen LogP contribution in [-0.2, 0) is 4.79 Å². The largest absolute Gasteiger partial charge is 0.494 e. The number of likely N-dealkylation sites (tertiary alicyclic amines) is 1. The smallest absolute Gasteiger partial charge is 0.236 e.